The minimum Gasteiger partial charge on any atom is -0.460 e. The Morgan fingerprint density at radius 2 is 1.14 bits per heavy atom. The predicted octanol–water partition coefficient (Wildman–Crippen LogP) is 7.81. The molecule has 5 aromatic carbocycles. The number of amides is 7. The van der Waals surface area contributed by atoms with Crippen molar-refractivity contribution in [2.45, 2.75) is 88.9 Å². The van der Waals surface area contributed by atoms with Gasteiger partial charge in [0.1, 0.15) is 44.0 Å². The zero-order chi connectivity index (χ0) is 61.1. The van der Waals surface area contributed by atoms with E-state index in [1.165, 1.54) is 4.90 Å². The van der Waals surface area contributed by atoms with Crippen LogP contribution in [0, 0.1) is 29.6 Å². The number of ether oxygens (including phenoxy) is 3. The maximum Gasteiger partial charge on any atom is 0.407 e. The van der Waals surface area contributed by atoms with Gasteiger partial charge in [-0.2, -0.15) is 0 Å². The van der Waals surface area contributed by atoms with E-state index in [0.717, 1.165) is 56.5 Å². The molecule has 0 radical (unpaired) electrons. The Kier molecular flexibility index (Phi) is 19.6. The second kappa shape index (κ2) is 28.0. The van der Waals surface area contributed by atoms with E-state index >= 15 is 0 Å². The summed E-state index contributed by atoms with van der Waals surface area (Å²) in [4.78, 5) is 111. The van der Waals surface area contributed by atoms with Gasteiger partial charge in [-0.15, -0.1) is 6.58 Å². The van der Waals surface area contributed by atoms with Gasteiger partial charge in [-0.05, 0) is 112 Å². The van der Waals surface area contributed by atoms with E-state index in [4.69, 9.17) is 14.2 Å². The van der Waals surface area contributed by atoms with Crippen LogP contribution in [0.5, 0.6) is 0 Å². The van der Waals surface area contributed by atoms with Crippen molar-refractivity contribution in [1.82, 2.24) is 36.4 Å². The van der Waals surface area contributed by atoms with Crippen LogP contribution in [0.25, 0.3) is 22.3 Å². The van der Waals surface area contributed by atoms with E-state index in [0.29, 0.717) is 38.9 Å². The number of esters is 1. The van der Waals surface area contributed by atoms with Gasteiger partial charge in [0.05, 0.1) is 13.1 Å². The molecule has 5 aromatic rings. The van der Waals surface area contributed by atoms with Crippen LogP contribution in [0.1, 0.15) is 86.1 Å². The number of allylic oxidation sites excluding steroid dienone is 2. The van der Waals surface area contributed by atoms with Crippen LogP contribution in [0.4, 0.5) is 9.59 Å². The van der Waals surface area contributed by atoms with Crippen LogP contribution in [-0.4, -0.2) is 134 Å². The Labute approximate surface area is 507 Å². The molecule has 454 valence electrons. The van der Waals surface area contributed by atoms with Gasteiger partial charge in [0, 0.05) is 37.9 Å². The monoisotopic (exact) mass is 1180 g/mol. The Hall–Kier alpha value is -9.06. The van der Waals surface area contributed by atoms with Gasteiger partial charge in [-0.25, -0.2) is 14.4 Å². The Morgan fingerprint density at radius 3 is 1.69 bits per heavy atom. The molecule has 3 aliphatic carbocycles. The highest BCUT2D eigenvalue weighted by Crippen LogP contribution is 2.48. The van der Waals surface area contributed by atoms with Crippen molar-refractivity contribution < 1.29 is 52.6 Å². The number of alkyl carbamates (subject to hydrolysis) is 2. The van der Waals surface area contributed by atoms with Gasteiger partial charge in [-0.3, -0.25) is 24.0 Å². The fraction of sp³-hybridized carbons (Fsp3) is 0.391. The standard InChI is InChI=1S/C69H77N7O11/c1-5-45-35-46(21-18-32-85-67(82)61-30-17-31-76(61)66(81)43(4)72-65(80)59(33-42(2)3)73-68(83)86-40-57-51-26-13-9-22-47(51)48-23-10-14-27-52(48)57)56-39-75(38-55(45)56)63(78)37-70-62(77)36-71-64(79)60(34-44-19-7-6-8-20-44)74-69(84)87-41-58-53-28-15-11-24-49(53)50-25-12-16-29-54(50)58/h5-16,18-29,42-43,45-46,55-61H,1,17,30-41H2,2-4H3,(H,70,77)(H,71,79)(H,72,80)(H,73,83)(H,74,84)/b21-18+/t43-,45+,46-,55+,56-,59-,60-,61-/m0/s1. The maximum atomic E-state index is 13.9. The van der Waals surface area contributed by atoms with Gasteiger partial charge < -0.3 is 50.6 Å². The summed E-state index contributed by atoms with van der Waals surface area (Å²) in [7, 11) is 0. The highest BCUT2D eigenvalue weighted by atomic mass is 16.6. The molecule has 0 bridgehead atoms. The van der Waals surface area contributed by atoms with Crippen LogP contribution in [0.15, 0.2) is 152 Å². The first-order chi connectivity index (χ1) is 42.1. The predicted molar refractivity (Wildman–Crippen MR) is 327 cm³/mol. The normalized spacial score (nSPS) is 20.0. The molecule has 5 N–H and O–H groups in total. The number of nitrogens with zero attached hydrogens (tertiary/aromatic N) is 2. The van der Waals surface area contributed by atoms with Gasteiger partial charge in [-0.1, -0.05) is 159 Å². The van der Waals surface area contributed by atoms with Gasteiger partial charge in [0.2, 0.25) is 29.5 Å². The third-order valence-electron chi connectivity index (χ3n) is 17.7. The van der Waals surface area contributed by atoms with E-state index in [1.807, 2.05) is 141 Å². The van der Waals surface area contributed by atoms with Crippen LogP contribution >= 0.6 is 0 Å². The summed E-state index contributed by atoms with van der Waals surface area (Å²) < 4.78 is 17.2. The van der Waals surface area contributed by atoms with E-state index in [-0.39, 0.29) is 80.1 Å². The second-order valence-corrected chi connectivity index (χ2v) is 23.8. The Bertz CT molecular complexity index is 3310. The maximum absolute atomic E-state index is 13.9. The Morgan fingerprint density at radius 1 is 0.609 bits per heavy atom. The molecule has 87 heavy (non-hydrogen) atoms. The molecule has 0 unspecified atom stereocenters. The van der Waals surface area contributed by atoms with Crippen LogP contribution in [0.3, 0.4) is 0 Å². The largest absolute Gasteiger partial charge is 0.460 e. The summed E-state index contributed by atoms with van der Waals surface area (Å²) in [6.07, 6.45) is 6.44. The molecule has 10 rings (SSSR count). The van der Waals surface area contributed by atoms with Crippen molar-refractivity contribution >= 4 is 47.7 Å². The molecule has 18 heteroatoms. The lowest BCUT2D eigenvalue weighted by Crippen LogP contribution is -2.55. The third-order valence-corrected chi connectivity index (χ3v) is 17.7. The van der Waals surface area contributed by atoms with Gasteiger partial charge >= 0.3 is 18.2 Å². The first kappa shape index (κ1) is 61.0. The third kappa shape index (κ3) is 14.3. The molecule has 0 aromatic heterocycles. The fourth-order valence-corrected chi connectivity index (χ4v) is 13.4. The van der Waals surface area contributed by atoms with E-state index in [1.54, 1.807) is 17.9 Å². The molecule has 2 heterocycles. The smallest absolute Gasteiger partial charge is 0.407 e. The van der Waals surface area contributed by atoms with Crippen molar-refractivity contribution in [2.75, 3.05) is 52.5 Å². The van der Waals surface area contributed by atoms with Crippen molar-refractivity contribution in [1.29, 1.82) is 0 Å². The summed E-state index contributed by atoms with van der Waals surface area (Å²) in [5.41, 5.74) is 9.41. The number of benzene rings is 5. The number of carbonyl (C=O) groups excluding carboxylic acids is 8. The zero-order valence-electron chi connectivity index (χ0n) is 49.5. The summed E-state index contributed by atoms with van der Waals surface area (Å²) >= 11 is 0. The van der Waals surface area contributed by atoms with E-state index < -0.39 is 72.5 Å². The number of nitrogens with one attached hydrogen (secondary N) is 5. The molecule has 8 atom stereocenters. The highest BCUT2D eigenvalue weighted by Gasteiger charge is 2.47. The van der Waals surface area contributed by atoms with Gasteiger partial charge in [0.15, 0.2) is 0 Å². The molecular weight excluding hydrogens is 1100 g/mol. The molecule has 7 amide bonds. The lowest BCUT2D eigenvalue weighted by atomic mass is 9.90. The number of rotatable bonds is 23. The second-order valence-electron chi connectivity index (χ2n) is 23.8. The molecule has 18 nitrogen and oxygen atoms in total. The first-order valence-electron chi connectivity index (χ1n) is 30.3. The van der Waals surface area contributed by atoms with Crippen LogP contribution in [0.2, 0.25) is 0 Å². The van der Waals surface area contributed by atoms with Crippen molar-refractivity contribution in [2.24, 2.45) is 29.6 Å². The first-order valence-corrected chi connectivity index (χ1v) is 30.3. The van der Waals surface area contributed by atoms with Crippen molar-refractivity contribution in [3.63, 3.8) is 0 Å². The minimum atomic E-state index is -1.06. The molecule has 2 saturated heterocycles. The van der Waals surface area contributed by atoms with Crippen molar-refractivity contribution in [3.05, 3.63) is 180 Å². The molecule has 0 spiro atoms. The van der Waals surface area contributed by atoms with Crippen molar-refractivity contribution in [3.8, 4) is 22.3 Å². The highest BCUT2D eigenvalue weighted by molar-refractivity contribution is 5.94. The summed E-state index contributed by atoms with van der Waals surface area (Å²) in [5, 5.41) is 13.5. The number of carbonyl (C=O) groups is 8. The molecular formula is C69H77N7O11. The zero-order valence-corrected chi connectivity index (χ0v) is 49.5. The lowest BCUT2D eigenvalue weighted by molar-refractivity contribution is -0.153. The van der Waals surface area contributed by atoms with Crippen LogP contribution in [-0.2, 0) is 49.4 Å². The SMILES string of the molecule is C=C[C@@H]1C[C@H](/C=C/COC(=O)[C@@H]2CCCN2C(=O)[C@H](C)NC(=O)[C@H](CC(C)C)NC(=O)OCC2c3ccccc3-c3ccccc32)[C@@H]2CN(C(=O)CNC(=O)CNC(=O)[C@H](Cc3ccccc3)NC(=O)OCC3c4ccccc4-c4ccccc43)C[C@@H]21. The molecule has 2 aliphatic heterocycles. The molecule has 5 aliphatic rings. The number of likely N-dealkylation sites (tertiary alicyclic amines) is 2. The molecule has 3 fully saturated rings. The number of hydrogen-bond acceptors (Lipinski definition) is 11. The van der Waals surface area contributed by atoms with E-state index in [2.05, 4.69) is 45.3 Å². The summed E-state index contributed by atoms with van der Waals surface area (Å²) in [6.45, 7) is 10.1. The number of hydrogen-bond donors (Lipinski definition) is 5. The Balaban J connectivity index is 0.652. The van der Waals surface area contributed by atoms with E-state index in [9.17, 15) is 38.4 Å². The average Bonchev–Trinajstić information content (AvgIpc) is 1.87. The average molecular weight is 1180 g/mol. The summed E-state index contributed by atoms with van der Waals surface area (Å²) in [6, 6.07) is 37.4. The number of fused-ring (bicyclic) bond motifs is 7. The summed E-state index contributed by atoms with van der Waals surface area (Å²) in [5.74, 6) is -2.86. The fourth-order valence-electron chi connectivity index (χ4n) is 13.4. The quantitative estimate of drug-likeness (QED) is 0.0241. The minimum absolute atomic E-state index is 0.0230. The van der Waals surface area contributed by atoms with Crippen LogP contribution < -0.4 is 26.6 Å². The van der Waals surface area contributed by atoms with Gasteiger partial charge in [0.25, 0.3) is 0 Å². The topological polar surface area (TPSA) is 231 Å². The lowest BCUT2D eigenvalue weighted by Gasteiger charge is -2.28. The molecule has 1 saturated carbocycles.